The SMILES string of the molecule is C=CCC(C)(N)Cc1cc(C(C)C)c2c(c1O)C(=O)C1=C(O)C3C(CC1C2)[C@H](N(C)C)C(O)=C(C(N)=O)C3(C)O. The summed E-state index contributed by atoms with van der Waals surface area (Å²) >= 11 is 0. The van der Waals surface area contributed by atoms with Crippen LogP contribution < -0.4 is 11.5 Å². The van der Waals surface area contributed by atoms with Gasteiger partial charge in [0.1, 0.15) is 22.9 Å². The van der Waals surface area contributed by atoms with E-state index in [0.29, 0.717) is 31.2 Å². The minimum Gasteiger partial charge on any atom is -0.511 e. The van der Waals surface area contributed by atoms with E-state index in [-0.39, 0.29) is 39.9 Å². The molecule has 0 spiro atoms. The zero-order valence-electron chi connectivity index (χ0n) is 24.3. The third-order valence-electron chi connectivity index (χ3n) is 9.09. The van der Waals surface area contributed by atoms with E-state index in [1.807, 2.05) is 26.8 Å². The van der Waals surface area contributed by atoms with Crippen molar-refractivity contribution in [3.8, 4) is 5.75 Å². The molecule has 0 saturated carbocycles. The van der Waals surface area contributed by atoms with E-state index in [0.717, 1.165) is 11.1 Å². The minimum absolute atomic E-state index is 0.0508. The first-order chi connectivity index (χ1) is 18.5. The molecular weight excluding hydrogens is 510 g/mol. The summed E-state index contributed by atoms with van der Waals surface area (Å²) in [5.74, 6) is -4.23. The Morgan fingerprint density at radius 1 is 1.27 bits per heavy atom. The molecule has 218 valence electrons. The van der Waals surface area contributed by atoms with Crippen LogP contribution in [0.4, 0.5) is 0 Å². The van der Waals surface area contributed by atoms with Crippen LogP contribution in [0.1, 0.15) is 73.5 Å². The molecule has 4 rings (SSSR count). The van der Waals surface area contributed by atoms with Gasteiger partial charge in [0.15, 0.2) is 5.78 Å². The van der Waals surface area contributed by atoms with Crippen molar-refractivity contribution < 1.29 is 30.0 Å². The number of phenolic OH excluding ortho intramolecular Hbond substituents is 1. The monoisotopic (exact) mass is 553 g/mol. The second-order valence-electron chi connectivity index (χ2n) is 12.9. The standard InChI is InChI=1S/C31H43N3O6/c1-8-9-30(4,33)13-16-12-17(14(2)3)18-10-15-11-19-22(27(37)20(15)26(36)21(18)25(16)35)31(5,40)23(29(32)39)28(38)24(19)34(6)7/h8,12,14-15,19,22,24,35,37-38,40H,1,9-11,13,33H2,2-7H3,(H2,32,39)/t15?,19?,22?,24-,30?,31?/m0/s1. The summed E-state index contributed by atoms with van der Waals surface area (Å²) in [6, 6.07) is 1.22. The number of nitrogens with zero attached hydrogens (tertiary/aromatic N) is 1. The average molecular weight is 554 g/mol. The fourth-order valence-corrected chi connectivity index (χ4v) is 7.54. The number of nitrogens with two attached hydrogens (primary N) is 2. The highest BCUT2D eigenvalue weighted by atomic mass is 16.3. The molecule has 1 amide bonds. The number of benzene rings is 1. The summed E-state index contributed by atoms with van der Waals surface area (Å²) < 4.78 is 0. The number of rotatable bonds is 7. The van der Waals surface area contributed by atoms with Gasteiger partial charge < -0.3 is 31.9 Å². The van der Waals surface area contributed by atoms with Gasteiger partial charge in [0.2, 0.25) is 0 Å². The van der Waals surface area contributed by atoms with Crippen molar-refractivity contribution in [3.63, 3.8) is 0 Å². The number of primary amides is 1. The molecule has 1 aromatic rings. The number of carbonyl (C=O) groups excluding carboxylic acids is 2. The molecule has 5 unspecified atom stereocenters. The second kappa shape index (κ2) is 10.0. The molecule has 0 aromatic heterocycles. The molecule has 9 nitrogen and oxygen atoms in total. The Hall–Kier alpha value is -3.14. The maximum atomic E-state index is 14.2. The molecule has 1 aromatic carbocycles. The number of allylic oxidation sites excluding steroid dienone is 1. The van der Waals surface area contributed by atoms with Crippen molar-refractivity contribution in [2.24, 2.45) is 29.2 Å². The Morgan fingerprint density at radius 3 is 2.42 bits per heavy atom. The lowest BCUT2D eigenvalue weighted by atomic mass is 9.56. The van der Waals surface area contributed by atoms with Gasteiger partial charge in [-0.15, -0.1) is 6.58 Å². The van der Waals surface area contributed by atoms with Crippen LogP contribution in [0.25, 0.3) is 0 Å². The number of carbonyl (C=O) groups is 2. The van der Waals surface area contributed by atoms with Gasteiger partial charge in [-0.2, -0.15) is 0 Å². The van der Waals surface area contributed by atoms with Crippen molar-refractivity contribution in [2.45, 2.75) is 76.5 Å². The van der Waals surface area contributed by atoms with Gasteiger partial charge in [-0.05, 0) is 88.1 Å². The summed E-state index contributed by atoms with van der Waals surface area (Å²) in [5, 5.41) is 45.9. The minimum atomic E-state index is -2.02. The molecule has 0 heterocycles. The predicted molar refractivity (Wildman–Crippen MR) is 153 cm³/mol. The molecule has 0 bridgehead atoms. The molecule has 3 aliphatic rings. The highest BCUT2D eigenvalue weighted by Gasteiger charge is 2.59. The van der Waals surface area contributed by atoms with Crippen molar-refractivity contribution in [1.82, 2.24) is 4.90 Å². The van der Waals surface area contributed by atoms with E-state index in [1.165, 1.54) is 6.92 Å². The molecule has 40 heavy (non-hydrogen) atoms. The Labute approximate surface area is 235 Å². The Balaban J connectivity index is 1.94. The van der Waals surface area contributed by atoms with Gasteiger partial charge in [0, 0.05) is 11.1 Å². The van der Waals surface area contributed by atoms with Gasteiger partial charge in [-0.1, -0.05) is 26.0 Å². The maximum absolute atomic E-state index is 14.2. The number of ketones is 1. The highest BCUT2D eigenvalue weighted by Crippen LogP contribution is 2.55. The lowest BCUT2D eigenvalue weighted by molar-refractivity contribution is -0.120. The van der Waals surface area contributed by atoms with Crippen LogP contribution in [0.15, 0.2) is 41.4 Å². The van der Waals surface area contributed by atoms with E-state index in [2.05, 4.69) is 6.58 Å². The maximum Gasteiger partial charge on any atom is 0.251 e. The largest absolute Gasteiger partial charge is 0.511 e. The predicted octanol–water partition coefficient (Wildman–Crippen LogP) is 3.15. The van der Waals surface area contributed by atoms with Crippen LogP contribution in [0, 0.1) is 17.8 Å². The van der Waals surface area contributed by atoms with E-state index < -0.39 is 46.6 Å². The summed E-state index contributed by atoms with van der Waals surface area (Å²) in [4.78, 5) is 28.3. The highest BCUT2D eigenvalue weighted by molar-refractivity contribution is 6.14. The van der Waals surface area contributed by atoms with E-state index in [1.54, 1.807) is 25.1 Å². The first-order valence-electron chi connectivity index (χ1n) is 13.8. The van der Waals surface area contributed by atoms with E-state index in [4.69, 9.17) is 11.5 Å². The van der Waals surface area contributed by atoms with Crippen molar-refractivity contribution in [3.05, 3.63) is 63.6 Å². The smallest absolute Gasteiger partial charge is 0.251 e. The van der Waals surface area contributed by atoms with Crippen LogP contribution in [-0.4, -0.2) is 68.3 Å². The van der Waals surface area contributed by atoms with Crippen LogP contribution in [0.5, 0.6) is 5.75 Å². The molecule has 9 heteroatoms. The third-order valence-corrected chi connectivity index (χ3v) is 9.09. The molecule has 0 aliphatic heterocycles. The Kier molecular flexibility index (Phi) is 7.49. The van der Waals surface area contributed by atoms with Gasteiger partial charge in [-0.25, -0.2) is 0 Å². The number of fused-ring (bicyclic) bond motifs is 3. The number of Topliss-reactive ketones (excluding diaryl/α,β-unsaturated/α-hetero) is 1. The Bertz CT molecular complexity index is 1340. The number of likely N-dealkylation sites (N-methyl/N-ethyl adjacent to an activating group) is 1. The lowest BCUT2D eigenvalue weighted by Crippen LogP contribution is -2.59. The normalized spacial score (nSPS) is 29.7. The summed E-state index contributed by atoms with van der Waals surface area (Å²) in [6.07, 6.45) is 3.31. The topological polar surface area (TPSA) is 170 Å². The first kappa shape index (κ1) is 29.8. The quantitative estimate of drug-likeness (QED) is 0.280. The van der Waals surface area contributed by atoms with Crippen LogP contribution in [0.2, 0.25) is 0 Å². The van der Waals surface area contributed by atoms with Gasteiger partial charge >= 0.3 is 0 Å². The summed E-state index contributed by atoms with van der Waals surface area (Å²) in [5.41, 5.74) is 11.5. The number of hydrogen-bond acceptors (Lipinski definition) is 8. The molecule has 0 radical (unpaired) electrons. The second-order valence-corrected chi connectivity index (χ2v) is 12.9. The number of aliphatic hydroxyl groups is 3. The summed E-state index contributed by atoms with van der Waals surface area (Å²) in [6.45, 7) is 11.0. The molecule has 0 saturated heterocycles. The van der Waals surface area contributed by atoms with Crippen LogP contribution in [0.3, 0.4) is 0 Å². The van der Waals surface area contributed by atoms with Gasteiger partial charge in [-0.3, -0.25) is 14.5 Å². The molecule has 0 fully saturated rings. The summed E-state index contributed by atoms with van der Waals surface area (Å²) in [7, 11) is 3.48. The average Bonchev–Trinajstić information content (AvgIpc) is 2.78. The Morgan fingerprint density at radius 2 is 1.90 bits per heavy atom. The van der Waals surface area contributed by atoms with Crippen LogP contribution in [-0.2, 0) is 17.6 Å². The number of hydrogen-bond donors (Lipinski definition) is 6. The fraction of sp³-hybridized carbons (Fsp3) is 0.548. The lowest BCUT2D eigenvalue weighted by Gasteiger charge is -2.52. The third kappa shape index (κ3) is 4.54. The van der Waals surface area contributed by atoms with Crippen molar-refractivity contribution in [2.75, 3.05) is 14.1 Å². The van der Waals surface area contributed by atoms with E-state index in [9.17, 15) is 30.0 Å². The zero-order chi connectivity index (χ0) is 30.1. The van der Waals surface area contributed by atoms with Crippen molar-refractivity contribution in [1.29, 1.82) is 0 Å². The molecular formula is C31H43N3O6. The first-order valence-corrected chi connectivity index (χ1v) is 13.8. The number of aliphatic hydroxyl groups excluding tert-OH is 2. The zero-order valence-corrected chi connectivity index (χ0v) is 24.3. The molecule has 6 atom stereocenters. The number of amides is 1. The molecule has 8 N–H and O–H groups in total. The molecule has 3 aliphatic carbocycles. The van der Waals surface area contributed by atoms with Gasteiger partial charge in [0.05, 0.1) is 23.1 Å². The number of phenols is 1. The van der Waals surface area contributed by atoms with Gasteiger partial charge in [0.25, 0.3) is 5.91 Å². The van der Waals surface area contributed by atoms with Crippen molar-refractivity contribution >= 4 is 11.7 Å². The van der Waals surface area contributed by atoms with Crippen LogP contribution >= 0.6 is 0 Å². The fourth-order valence-electron chi connectivity index (χ4n) is 7.54. The number of aromatic hydroxyl groups is 1. The van der Waals surface area contributed by atoms with E-state index >= 15 is 0 Å².